The molecule has 0 unspecified atom stereocenters. The van der Waals surface area contributed by atoms with Crippen molar-refractivity contribution in [1.29, 1.82) is 0 Å². The third-order valence-electron chi connectivity index (χ3n) is 5.71. The lowest BCUT2D eigenvalue weighted by molar-refractivity contribution is -0.134. The number of amides is 1. The van der Waals surface area contributed by atoms with Crippen LogP contribution < -0.4 is 4.72 Å². The van der Waals surface area contributed by atoms with Crippen molar-refractivity contribution in [3.8, 4) is 0 Å². The Kier molecular flexibility index (Phi) is 5.52. The molecule has 2 saturated heterocycles. The average molecular weight is 358 g/mol. The minimum absolute atomic E-state index is 0.0334. The molecule has 1 N–H and O–H groups in total. The Morgan fingerprint density at radius 3 is 2.33 bits per heavy atom. The number of sulfonamides is 1. The number of carbonyl (C=O) groups is 1. The zero-order chi connectivity index (χ0) is 17.3. The second-order valence-electron chi connectivity index (χ2n) is 7.83. The average Bonchev–Trinajstić information content (AvgIpc) is 3.30. The number of hydrogen-bond donors (Lipinski definition) is 1. The number of carbonyl (C=O) groups excluding carboxylic acids is 1. The first-order valence-electron chi connectivity index (χ1n) is 9.37. The van der Waals surface area contributed by atoms with E-state index in [1.54, 1.807) is 0 Å². The molecular formula is C17H31N3O3S. The van der Waals surface area contributed by atoms with Gasteiger partial charge in [-0.25, -0.2) is 13.1 Å². The monoisotopic (exact) mass is 357 g/mol. The topological polar surface area (TPSA) is 69.7 Å². The van der Waals surface area contributed by atoms with E-state index in [1.807, 2.05) is 4.90 Å². The van der Waals surface area contributed by atoms with Gasteiger partial charge in [-0.3, -0.25) is 9.69 Å². The van der Waals surface area contributed by atoms with E-state index in [1.165, 1.54) is 6.26 Å². The maximum absolute atomic E-state index is 12.2. The van der Waals surface area contributed by atoms with E-state index in [2.05, 4.69) is 16.5 Å². The molecular weight excluding hydrogens is 326 g/mol. The first-order chi connectivity index (χ1) is 11.4. The van der Waals surface area contributed by atoms with E-state index < -0.39 is 10.0 Å². The highest BCUT2D eigenvalue weighted by atomic mass is 32.2. The summed E-state index contributed by atoms with van der Waals surface area (Å²) in [5.74, 6) is 1.07. The Bertz CT molecular complexity index is 553. The highest BCUT2D eigenvalue weighted by Gasteiger charge is 2.39. The second-order valence-corrected chi connectivity index (χ2v) is 9.61. The molecule has 0 aromatic carbocycles. The van der Waals surface area contributed by atoms with Crippen LogP contribution >= 0.6 is 0 Å². The number of rotatable bonds is 6. The van der Waals surface area contributed by atoms with Crippen molar-refractivity contribution in [2.24, 2.45) is 11.8 Å². The number of nitrogens with zero attached hydrogens (tertiary/aromatic N) is 2. The molecule has 7 heteroatoms. The van der Waals surface area contributed by atoms with Crippen LogP contribution in [0.4, 0.5) is 0 Å². The summed E-state index contributed by atoms with van der Waals surface area (Å²) in [6, 6.07) is 0.519. The molecule has 3 aliphatic rings. The minimum atomic E-state index is -3.17. The van der Waals surface area contributed by atoms with Gasteiger partial charge in [-0.2, -0.15) is 0 Å². The Labute approximate surface area is 146 Å². The smallest absolute Gasteiger partial charge is 0.225 e. The molecule has 3 rings (SSSR count). The van der Waals surface area contributed by atoms with Crippen LogP contribution in [-0.4, -0.2) is 68.6 Å². The molecule has 2 atom stereocenters. The quantitative estimate of drug-likeness (QED) is 0.771. The SMILES string of the molecule is CCC[C@H]1CN(C2CCN(C(=O)C3CC3)CC2)C[C@@H]1NS(C)(=O)=O. The number of likely N-dealkylation sites (tertiary alicyclic amines) is 2. The van der Waals surface area contributed by atoms with E-state index in [9.17, 15) is 13.2 Å². The van der Waals surface area contributed by atoms with Gasteiger partial charge in [0.25, 0.3) is 0 Å². The summed E-state index contributed by atoms with van der Waals surface area (Å²) in [5, 5.41) is 0. The summed E-state index contributed by atoms with van der Waals surface area (Å²) in [4.78, 5) is 16.7. The normalized spacial score (nSPS) is 30.0. The predicted octanol–water partition coefficient (Wildman–Crippen LogP) is 1.04. The van der Waals surface area contributed by atoms with Gasteiger partial charge in [0, 0.05) is 44.2 Å². The van der Waals surface area contributed by atoms with Crippen molar-refractivity contribution in [2.75, 3.05) is 32.4 Å². The summed E-state index contributed by atoms with van der Waals surface area (Å²) < 4.78 is 26.1. The summed E-state index contributed by atoms with van der Waals surface area (Å²) in [6.45, 7) is 5.65. The number of piperidine rings is 1. The third kappa shape index (κ3) is 4.49. The van der Waals surface area contributed by atoms with Gasteiger partial charge in [-0.1, -0.05) is 13.3 Å². The molecule has 0 aromatic heterocycles. The Morgan fingerprint density at radius 1 is 1.12 bits per heavy atom. The predicted molar refractivity (Wildman–Crippen MR) is 94.1 cm³/mol. The summed E-state index contributed by atoms with van der Waals surface area (Å²) >= 11 is 0. The fraction of sp³-hybridized carbons (Fsp3) is 0.941. The van der Waals surface area contributed by atoms with Crippen LogP contribution in [0, 0.1) is 11.8 Å². The van der Waals surface area contributed by atoms with Crippen molar-refractivity contribution in [2.45, 2.75) is 57.5 Å². The van der Waals surface area contributed by atoms with Crippen molar-refractivity contribution in [1.82, 2.24) is 14.5 Å². The van der Waals surface area contributed by atoms with Crippen LogP contribution in [-0.2, 0) is 14.8 Å². The molecule has 6 nitrogen and oxygen atoms in total. The van der Waals surface area contributed by atoms with Crippen molar-refractivity contribution >= 4 is 15.9 Å². The Morgan fingerprint density at radius 2 is 1.79 bits per heavy atom. The molecule has 3 fully saturated rings. The molecule has 1 aliphatic carbocycles. The van der Waals surface area contributed by atoms with Crippen molar-refractivity contribution in [3.63, 3.8) is 0 Å². The zero-order valence-corrected chi connectivity index (χ0v) is 15.7. The van der Waals surface area contributed by atoms with Gasteiger partial charge in [0.1, 0.15) is 0 Å². The summed E-state index contributed by atoms with van der Waals surface area (Å²) in [5.41, 5.74) is 0. The van der Waals surface area contributed by atoms with Crippen LogP contribution in [0.3, 0.4) is 0 Å². The fourth-order valence-electron chi connectivity index (χ4n) is 4.31. The van der Waals surface area contributed by atoms with Gasteiger partial charge < -0.3 is 4.90 Å². The number of nitrogens with one attached hydrogen (secondary N) is 1. The zero-order valence-electron chi connectivity index (χ0n) is 14.9. The van der Waals surface area contributed by atoms with Crippen molar-refractivity contribution in [3.05, 3.63) is 0 Å². The Balaban J connectivity index is 1.54. The van der Waals surface area contributed by atoms with Gasteiger partial charge in [0.05, 0.1) is 6.26 Å². The Hall–Kier alpha value is -0.660. The van der Waals surface area contributed by atoms with Gasteiger partial charge in [0.2, 0.25) is 15.9 Å². The lowest BCUT2D eigenvalue weighted by Crippen LogP contribution is -2.47. The molecule has 0 radical (unpaired) electrons. The van der Waals surface area contributed by atoms with Gasteiger partial charge in [0.15, 0.2) is 0 Å². The molecule has 24 heavy (non-hydrogen) atoms. The molecule has 2 heterocycles. The van der Waals surface area contributed by atoms with E-state index in [0.717, 1.165) is 64.7 Å². The second kappa shape index (κ2) is 7.30. The van der Waals surface area contributed by atoms with Crippen LogP contribution in [0.2, 0.25) is 0 Å². The van der Waals surface area contributed by atoms with E-state index >= 15 is 0 Å². The van der Waals surface area contributed by atoms with E-state index in [0.29, 0.717) is 23.8 Å². The van der Waals surface area contributed by atoms with E-state index in [-0.39, 0.29) is 6.04 Å². The summed E-state index contributed by atoms with van der Waals surface area (Å²) in [6.07, 6.45) is 7.56. The van der Waals surface area contributed by atoms with Gasteiger partial charge in [-0.05, 0) is 38.0 Å². The van der Waals surface area contributed by atoms with Gasteiger partial charge >= 0.3 is 0 Å². The third-order valence-corrected chi connectivity index (χ3v) is 6.44. The van der Waals surface area contributed by atoms with Gasteiger partial charge in [-0.15, -0.1) is 0 Å². The highest BCUT2D eigenvalue weighted by molar-refractivity contribution is 7.88. The molecule has 138 valence electrons. The van der Waals surface area contributed by atoms with Crippen LogP contribution in [0.1, 0.15) is 45.4 Å². The van der Waals surface area contributed by atoms with Crippen LogP contribution in [0.25, 0.3) is 0 Å². The standard InChI is InChI=1S/C17H31N3O3S/c1-3-4-14-11-20(12-16(14)18-24(2,22)23)15-7-9-19(10-8-15)17(21)13-5-6-13/h13-16,18H,3-12H2,1-2H3/t14-,16-/m0/s1. The van der Waals surface area contributed by atoms with Crippen molar-refractivity contribution < 1.29 is 13.2 Å². The van der Waals surface area contributed by atoms with Crippen LogP contribution in [0.5, 0.6) is 0 Å². The first kappa shape index (κ1) is 18.1. The largest absolute Gasteiger partial charge is 0.342 e. The highest BCUT2D eigenvalue weighted by Crippen LogP contribution is 2.33. The molecule has 0 aromatic rings. The molecule has 0 bridgehead atoms. The minimum Gasteiger partial charge on any atom is -0.342 e. The molecule has 0 spiro atoms. The maximum atomic E-state index is 12.2. The van der Waals surface area contributed by atoms with Crippen LogP contribution in [0.15, 0.2) is 0 Å². The molecule has 2 aliphatic heterocycles. The lowest BCUT2D eigenvalue weighted by Gasteiger charge is -2.37. The first-order valence-corrected chi connectivity index (χ1v) is 11.3. The fourth-order valence-corrected chi connectivity index (χ4v) is 5.13. The number of hydrogen-bond acceptors (Lipinski definition) is 4. The molecule has 1 saturated carbocycles. The maximum Gasteiger partial charge on any atom is 0.225 e. The van der Waals surface area contributed by atoms with E-state index in [4.69, 9.17) is 0 Å². The molecule has 1 amide bonds. The summed E-state index contributed by atoms with van der Waals surface area (Å²) in [7, 11) is -3.17. The lowest BCUT2D eigenvalue weighted by atomic mass is 9.99.